The Kier molecular flexibility index (Phi) is 10.9. The Morgan fingerprint density at radius 3 is 1.20 bits per heavy atom. The lowest BCUT2D eigenvalue weighted by atomic mass is 10.1. The number of hydrogen-bond donors (Lipinski definition) is 0. The summed E-state index contributed by atoms with van der Waals surface area (Å²) in [6.07, 6.45) is -11.3. The minimum absolute atomic E-state index is 0.214. The van der Waals surface area contributed by atoms with Gasteiger partial charge < -0.3 is 9.47 Å². The highest BCUT2D eigenvalue weighted by Crippen LogP contribution is 2.46. The largest absolute Gasteiger partial charge is 0.494 e. The van der Waals surface area contributed by atoms with Gasteiger partial charge in [-0.2, -0.15) is 43.9 Å². The van der Waals surface area contributed by atoms with E-state index in [1.807, 2.05) is 36.4 Å². The SMILES string of the molecule is FC(F)(F)C(F)(F)CCCCCCOc1ccc2c(c1)sc1c3ccc(OCCCCCCC(F)(F)C(F)(F)F)cc3sc21. The van der Waals surface area contributed by atoms with Crippen molar-refractivity contribution in [3.05, 3.63) is 36.4 Å². The molecule has 0 radical (unpaired) electrons. The summed E-state index contributed by atoms with van der Waals surface area (Å²) in [7, 11) is 0. The molecule has 0 unspecified atom stereocenters. The molecule has 4 aromatic rings. The van der Waals surface area contributed by atoms with Crippen LogP contribution in [0.2, 0.25) is 0 Å². The van der Waals surface area contributed by atoms with Crippen molar-refractivity contribution < 1.29 is 53.4 Å². The second-order valence-corrected chi connectivity index (χ2v) is 12.7. The summed E-state index contributed by atoms with van der Waals surface area (Å²) < 4.78 is 141. The van der Waals surface area contributed by atoms with Crippen molar-refractivity contribution in [3.63, 3.8) is 0 Å². The van der Waals surface area contributed by atoms with E-state index >= 15 is 0 Å². The maximum Gasteiger partial charge on any atom is 0.453 e. The fraction of sp³-hybridized carbons (Fsp3) is 0.533. The summed E-state index contributed by atoms with van der Waals surface area (Å²) >= 11 is 3.21. The Bertz CT molecular complexity index is 1410. The molecule has 2 aromatic heterocycles. The lowest BCUT2D eigenvalue weighted by Gasteiger charge is -2.19. The number of fused-ring (bicyclic) bond motifs is 5. The van der Waals surface area contributed by atoms with E-state index in [4.69, 9.17) is 9.47 Å². The molecular formula is C30H30F10O2S2. The topological polar surface area (TPSA) is 18.5 Å². The van der Waals surface area contributed by atoms with Gasteiger partial charge in [-0.3, -0.25) is 0 Å². The Morgan fingerprint density at radius 2 is 0.841 bits per heavy atom. The normalized spacial score (nSPS) is 13.4. The summed E-state index contributed by atoms with van der Waals surface area (Å²) in [6, 6.07) is 11.4. The second-order valence-electron chi connectivity index (χ2n) is 10.6. The predicted octanol–water partition coefficient (Wildman–Crippen LogP) is 12.3. The molecule has 244 valence electrons. The van der Waals surface area contributed by atoms with Crippen LogP contribution in [0.1, 0.15) is 64.2 Å². The van der Waals surface area contributed by atoms with Crippen molar-refractivity contribution in [1.29, 1.82) is 0 Å². The molecule has 0 N–H and O–H groups in total. The summed E-state index contributed by atoms with van der Waals surface area (Å²) in [5, 5.41) is 2.12. The molecule has 0 saturated heterocycles. The van der Waals surface area contributed by atoms with Crippen molar-refractivity contribution in [1.82, 2.24) is 0 Å². The fourth-order valence-electron chi connectivity index (χ4n) is 4.66. The van der Waals surface area contributed by atoms with E-state index in [9.17, 15) is 43.9 Å². The Labute approximate surface area is 254 Å². The highest BCUT2D eigenvalue weighted by molar-refractivity contribution is 7.36. The van der Waals surface area contributed by atoms with E-state index in [1.165, 1.54) is 0 Å². The minimum atomic E-state index is -5.51. The van der Waals surface area contributed by atoms with Crippen LogP contribution in [0, 0.1) is 0 Å². The molecule has 0 amide bonds. The number of benzene rings is 2. The Hall–Kier alpha value is -2.48. The molecule has 0 spiro atoms. The first kappa shape index (κ1) is 34.4. The molecule has 44 heavy (non-hydrogen) atoms. The summed E-state index contributed by atoms with van der Waals surface area (Å²) in [5.41, 5.74) is 0. The summed E-state index contributed by atoms with van der Waals surface area (Å²) in [5.74, 6) is -8.03. The average molecular weight is 677 g/mol. The van der Waals surface area contributed by atoms with Crippen LogP contribution in [0.4, 0.5) is 43.9 Å². The van der Waals surface area contributed by atoms with Crippen LogP contribution in [0.5, 0.6) is 11.5 Å². The minimum Gasteiger partial charge on any atom is -0.494 e. The number of halogens is 10. The van der Waals surface area contributed by atoms with E-state index in [0.29, 0.717) is 50.4 Å². The molecule has 2 heterocycles. The molecular weight excluding hydrogens is 646 g/mol. The maximum absolute atomic E-state index is 13.0. The van der Waals surface area contributed by atoms with Gasteiger partial charge in [-0.05, 0) is 62.1 Å². The van der Waals surface area contributed by atoms with E-state index in [1.54, 1.807) is 22.7 Å². The van der Waals surface area contributed by atoms with Crippen LogP contribution >= 0.6 is 22.7 Å². The van der Waals surface area contributed by atoms with Crippen molar-refractivity contribution in [2.24, 2.45) is 0 Å². The summed E-state index contributed by atoms with van der Waals surface area (Å²) in [6.45, 7) is 0.640. The lowest BCUT2D eigenvalue weighted by molar-refractivity contribution is -0.284. The van der Waals surface area contributed by atoms with Gasteiger partial charge in [0.15, 0.2) is 0 Å². The zero-order chi connectivity index (χ0) is 32.2. The van der Waals surface area contributed by atoms with Crippen molar-refractivity contribution in [3.8, 4) is 11.5 Å². The Morgan fingerprint density at radius 1 is 0.477 bits per heavy atom. The lowest BCUT2D eigenvalue weighted by Crippen LogP contribution is -2.36. The molecule has 0 aliphatic rings. The van der Waals surface area contributed by atoms with Gasteiger partial charge in [0.05, 0.1) is 22.6 Å². The number of hydrogen-bond acceptors (Lipinski definition) is 4. The predicted molar refractivity (Wildman–Crippen MR) is 154 cm³/mol. The maximum atomic E-state index is 13.0. The van der Waals surface area contributed by atoms with Crippen molar-refractivity contribution in [2.75, 3.05) is 13.2 Å². The van der Waals surface area contributed by atoms with E-state index in [0.717, 1.165) is 29.6 Å². The molecule has 0 atom stereocenters. The average Bonchev–Trinajstić information content (AvgIpc) is 3.45. The van der Waals surface area contributed by atoms with Crippen LogP contribution in [0.15, 0.2) is 36.4 Å². The van der Waals surface area contributed by atoms with Gasteiger partial charge in [0.2, 0.25) is 0 Å². The molecule has 0 saturated carbocycles. The fourth-order valence-corrected chi connectivity index (χ4v) is 7.38. The smallest absolute Gasteiger partial charge is 0.453 e. The zero-order valence-corrected chi connectivity index (χ0v) is 25.0. The van der Waals surface area contributed by atoms with E-state index in [2.05, 4.69) is 0 Å². The van der Waals surface area contributed by atoms with Crippen LogP contribution in [-0.2, 0) is 0 Å². The van der Waals surface area contributed by atoms with Gasteiger partial charge in [-0.1, -0.05) is 25.7 Å². The van der Waals surface area contributed by atoms with Gasteiger partial charge in [-0.25, -0.2) is 0 Å². The number of thiophene rings is 2. The monoisotopic (exact) mass is 676 g/mol. The van der Waals surface area contributed by atoms with Crippen LogP contribution < -0.4 is 9.47 Å². The van der Waals surface area contributed by atoms with Crippen LogP contribution in [-0.4, -0.2) is 37.4 Å². The van der Waals surface area contributed by atoms with E-state index in [-0.39, 0.29) is 25.7 Å². The third-order valence-electron chi connectivity index (χ3n) is 7.16. The first-order chi connectivity index (χ1) is 20.6. The van der Waals surface area contributed by atoms with Gasteiger partial charge in [0, 0.05) is 33.0 Å². The number of ether oxygens (including phenoxy) is 2. The molecule has 0 fully saturated rings. The first-order valence-electron chi connectivity index (χ1n) is 14.1. The van der Waals surface area contributed by atoms with E-state index < -0.39 is 37.0 Å². The molecule has 0 aliphatic heterocycles. The number of rotatable bonds is 16. The number of alkyl halides is 10. The van der Waals surface area contributed by atoms with Gasteiger partial charge in [0.1, 0.15) is 11.5 Å². The molecule has 4 rings (SSSR count). The quantitative estimate of drug-likeness (QED) is 0.0869. The third-order valence-corrected chi connectivity index (χ3v) is 9.66. The summed E-state index contributed by atoms with van der Waals surface area (Å²) in [4.78, 5) is 0. The van der Waals surface area contributed by atoms with Gasteiger partial charge in [-0.15, -0.1) is 22.7 Å². The molecule has 2 aromatic carbocycles. The van der Waals surface area contributed by atoms with Crippen LogP contribution in [0.25, 0.3) is 29.6 Å². The van der Waals surface area contributed by atoms with Crippen molar-refractivity contribution >= 4 is 52.2 Å². The van der Waals surface area contributed by atoms with Gasteiger partial charge >= 0.3 is 24.2 Å². The highest BCUT2D eigenvalue weighted by atomic mass is 32.1. The van der Waals surface area contributed by atoms with Crippen molar-refractivity contribution in [2.45, 2.75) is 88.4 Å². The van der Waals surface area contributed by atoms with Crippen LogP contribution in [0.3, 0.4) is 0 Å². The number of unbranched alkanes of at least 4 members (excludes halogenated alkanes) is 6. The molecule has 0 aliphatic carbocycles. The Balaban J connectivity index is 1.22. The molecule has 0 bridgehead atoms. The second kappa shape index (κ2) is 13.9. The van der Waals surface area contributed by atoms with Gasteiger partial charge in [0.25, 0.3) is 0 Å². The first-order valence-corrected chi connectivity index (χ1v) is 15.8. The third kappa shape index (κ3) is 8.41. The standard InChI is InChI=1S/C30H30F10O2S2/c31-27(32,29(35,36)37)13-5-1-3-7-15-41-19-9-11-21-23(17-19)43-26-22-12-10-20(18-24(22)44-25(21)26)42-16-8-4-2-6-14-28(33,34)30(38,39)40/h9-12,17-18H,1-8,13-16H2. The zero-order valence-electron chi connectivity index (χ0n) is 23.4. The highest BCUT2D eigenvalue weighted by Gasteiger charge is 2.57. The molecule has 14 heteroatoms. The molecule has 2 nitrogen and oxygen atoms in total.